The fourth-order valence-electron chi connectivity index (χ4n) is 2.67. The SMILES string of the molecule is CCOc1ccccc1C(=O)N1CCOC(c2nncn2C)C1. The predicted molar refractivity (Wildman–Crippen MR) is 83.2 cm³/mol. The van der Waals surface area contributed by atoms with Crippen molar-refractivity contribution in [2.24, 2.45) is 7.05 Å². The van der Waals surface area contributed by atoms with Gasteiger partial charge in [-0.25, -0.2) is 0 Å². The van der Waals surface area contributed by atoms with Gasteiger partial charge in [-0.15, -0.1) is 10.2 Å². The molecule has 0 spiro atoms. The van der Waals surface area contributed by atoms with Crippen molar-refractivity contribution < 1.29 is 14.3 Å². The zero-order chi connectivity index (χ0) is 16.2. The Balaban J connectivity index is 1.79. The lowest BCUT2D eigenvalue weighted by molar-refractivity contribution is -0.0282. The van der Waals surface area contributed by atoms with Crippen molar-refractivity contribution >= 4 is 5.91 Å². The summed E-state index contributed by atoms with van der Waals surface area (Å²) >= 11 is 0. The molecule has 2 aromatic rings. The van der Waals surface area contributed by atoms with Gasteiger partial charge in [0.1, 0.15) is 18.2 Å². The molecule has 1 aliphatic heterocycles. The molecule has 3 rings (SSSR count). The molecule has 1 unspecified atom stereocenters. The lowest BCUT2D eigenvalue weighted by atomic mass is 10.1. The van der Waals surface area contributed by atoms with Crippen LogP contribution in [-0.4, -0.2) is 51.9 Å². The highest BCUT2D eigenvalue weighted by Gasteiger charge is 2.29. The first-order valence-electron chi connectivity index (χ1n) is 7.67. The van der Waals surface area contributed by atoms with Crippen LogP contribution >= 0.6 is 0 Å². The van der Waals surface area contributed by atoms with Crippen molar-refractivity contribution in [3.05, 3.63) is 42.0 Å². The summed E-state index contributed by atoms with van der Waals surface area (Å²) in [6, 6.07) is 7.32. The predicted octanol–water partition coefficient (Wildman–Crippen LogP) is 1.43. The van der Waals surface area contributed by atoms with Gasteiger partial charge in [-0.2, -0.15) is 0 Å². The Morgan fingerprint density at radius 3 is 3.00 bits per heavy atom. The number of hydrogen-bond acceptors (Lipinski definition) is 5. The van der Waals surface area contributed by atoms with Crippen molar-refractivity contribution in [3.8, 4) is 5.75 Å². The molecule has 0 N–H and O–H groups in total. The number of carbonyl (C=O) groups is 1. The summed E-state index contributed by atoms with van der Waals surface area (Å²) < 4.78 is 13.1. The number of morpholine rings is 1. The summed E-state index contributed by atoms with van der Waals surface area (Å²) in [5.41, 5.74) is 0.577. The average molecular weight is 316 g/mol. The van der Waals surface area contributed by atoms with Gasteiger partial charge in [-0.3, -0.25) is 4.79 Å². The quantitative estimate of drug-likeness (QED) is 0.853. The van der Waals surface area contributed by atoms with Crippen molar-refractivity contribution in [1.29, 1.82) is 0 Å². The third-order valence-electron chi connectivity index (χ3n) is 3.81. The van der Waals surface area contributed by atoms with Crippen LogP contribution in [0.5, 0.6) is 5.75 Å². The molecule has 0 aliphatic carbocycles. The Hall–Kier alpha value is -2.41. The van der Waals surface area contributed by atoms with Crippen LogP contribution in [0.15, 0.2) is 30.6 Å². The molecule has 0 radical (unpaired) electrons. The van der Waals surface area contributed by atoms with Crippen LogP contribution in [0.1, 0.15) is 29.2 Å². The first-order valence-corrected chi connectivity index (χ1v) is 7.67. The van der Waals surface area contributed by atoms with Crippen LogP contribution in [0.2, 0.25) is 0 Å². The summed E-state index contributed by atoms with van der Waals surface area (Å²) in [7, 11) is 1.86. The Morgan fingerprint density at radius 2 is 2.26 bits per heavy atom. The second-order valence-electron chi connectivity index (χ2n) is 5.34. The molecule has 1 aromatic heterocycles. The second-order valence-corrected chi connectivity index (χ2v) is 5.34. The van der Waals surface area contributed by atoms with Gasteiger partial charge in [-0.05, 0) is 19.1 Å². The lowest BCUT2D eigenvalue weighted by Crippen LogP contribution is -2.43. The van der Waals surface area contributed by atoms with E-state index in [9.17, 15) is 4.79 Å². The minimum atomic E-state index is -0.264. The minimum Gasteiger partial charge on any atom is -0.493 e. The van der Waals surface area contributed by atoms with E-state index in [-0.39, 0.29) is 12.0 Å². The summed E-state index contributed by atoms with van der Waals surface area (Å²) in [6.07, 6.45) is 1.36. The van der Waals surface area contributed by atoms with E-state index < -0.39 is 0 Å². The maximum Gasteiger partial charge on any atom is 0.257 e. The average Bonchev–Trinajstić information content (AvgIpc) is 3.01. The molecule has 1 aliphatic rings. The maximum atomic E-state index is 12.8. The number of para-hydroxylation sites is 1. The van der Waals surface area contributed by atoms with Gasteiger partial charge in [0.25, 0.3) is 5.91 Å². The number of carbonyl (C=O) groups excluding carboxylic acids is 1. The van der Waals surface area contributed by atoms with Gasteiger partial charge >= 0.3 is 0 Å². The fourth-order valence-corrected chi connectivity index (χ4v) is 2.67. The molecule has 1 aromatic carbocycles. The Morgan fingerprint density at radius 1 is 1.43 bits per heavy atom. The maximum absolute atomic E-state index is 12.8. The molecule has 122 valence electrons. The lowest BCUT2D eigenvalue weighted by Gasteiger charge is -2.32. The van der Waals surface area contributed by atoms with E-state index in [1.807, 2.05) is 36.7 Å². The van der Waals surface area contributed by atoms with Gasteiger partial charge in [0.2, 0.25) is 0 Å². The van der Waals surface area contributed by atoms with Crippen molar-refractivity contribution in [1.82, 2.24) is 19.7 Å². The van der Waals surface area contributed by atoms with Crippen molar-refractivity contribution in [2.45, 2.75) is 13.0 Å². The summed E-state index contributed by atoms with van der Waals surface area (Å²) in [6.45, 7) is 3.90. The zero-order valence-corrected chi connectivity index (χ0v) is 13.3. The van der Waals surface area contributed by atoms with Gasteiger partial charge in [0.15, 0.2) is 5.82 Å². The first-order chi connectivity index (χ1) is 11.2. The van der Waals surface area contributed by atoms with Crippen LogP contribution in [0.25, 0.3) is 0 Å². The highest BCUT2D eigenvalue weighted by atomic mass is 16.5. The van der Waals surface area contributed by atoms with E-state index in [0.717, 1.165) is 5.82 Å². The number of hydrogen-bond donors (Lipinski definition) is 0. The Kier molecular flexibility index (Phi) is 4.57. The summed E-state index contributed by atoms with van der Waals surface area (Å²) in [5, 5.41) is 7.95. The minimum absolute atomic E-state index is 0.0514. The topological polar surface area (TPSA) is 69.5 Å². The van der Waals surface area contributed by atoms with Gasteiger partial charge in [0.05, 0.1) is 25.3 Å². The molecule has 23 heavy (non-hydrogen) atoms. The Labute approximate surface area is 134 Å². The van der Waals surface area contributed by atoms with Crippen LogP contribution in [0.4, 0.5) is 0 Å². The standard InChI is InChI=1S/C16H20N4O3/c1-3-22-13-7-5-4-6-12(13)16(21)20-8-9-23-14(10-20)15-18-17-11-19(15)2/h4-7,11,14H,3,8-10H2,1-2H3. The number of aryl methyl sites for hydroxylation is 1. The molecule has 0 bridgehead atoms. The van der Waals surface area contributed by atoms with Gasteiger partial charge < -0.3 is 18.9 Å². The van der Waals surface area contributed by atoms with E-state index >= 15 is 0 Å². The largest absolute Gasteiger partial charge is 0.493 e. The van der Waals surface area contributed by atoms with E-state index in [4.69, 9.17) is 9.47 Å². The first kappa shape index (κ1) is 15.5. The molecule has 1 saturated heterocycles. The van der Waals surface area contributed by atoms with Crippen molar-refractivity contribution in [3.63, 3.8) is 0 Å². The number of aromatic nitrogens is 3. The number of benzene rings is 1. The highest BCUT2D eigenvalue weighted by Crippen LogP contribution is 2.24. The zero-order valence-electron chi connectivity index (χ0n) is 13.3. The van der Waals surface area contributed by atoms with E-state index in [0.29, 0.717) is 37.6 Å². The van der Waals surface area contributed by atoms with Gasteiger partial charge in [0, 0.05) is 13.6 Å². The second kappa shape index (κ2) is 6.78. The normalized spacial score (nSPS) is 18.0. The third kappa shape index (κ3) is 3.19. The number of ether oxygens (including phenoxy) is 2. The summed E-state index contributed by atoms with van der Waals surface area (Å²) in [5.74, 6) is 1.28. The van der Waals surface area contributed by atoms with Crippen molar-refractivity contribution in [2.75, 3.05) is 26.3 Å². The molecule has 7 nitrogen and oxygen atoms in total. The smallest absolute Gasteiger partial charge is 0.257 e. The molecule has 1 amide bonds. The van der Waals surface area contributed by atoms with Crippen LogP contribution in [0, 0.1) is 0 Å². The van der Waals surface area contributed by atoms with Gasteiger partial charge in [-0.1, -0.05) is 12.1 Å². The molecule has 2 heterocycles. The molecule has 1 atom stereocenters. The van der Waals surface area contributed by atoms with E-state index in [1.54, 1.807) is 17.3 Å². The third-order valence-corrected chi connectivity index (χ3v) is 3.81. The van der Waals surface area contributed by atoms with E-state index in [1.165, 1.54) is 0 Å². The number of nitrogens with zero attached hydrogens (tertiary/aromatic N) is 4. The number of rotatable bonds is 4. The molecule has 7 heteroatoms. The molecular formula is C16H20N4O3. The van der Waals surface area contributed by atoms with Crippen LogP contribution in [0.3, 0.4) is 0 Å². The fraction of sp³-hybridized carbons (Fsp3) is 0.438. The monoisotopic (exact) mass is 316 g/mol. The van der Waals surface area contributed by atoms with E-state index in [2.05, 4.69) is 10.2 Å². The molecule has 0 saturated carbocycles. The Bertz CT molecular complexity index is 685. The number of amides is 1. The van der Waals surface area contributed by atoms with Crippen LogP contribution in [-0.2, 0) is 11.8 Å². The summed E-state index contributed by atoms with van der Waals surface area (Å²) in [4.78, 5) is 14.6. The van der Waals surface area contributed by atoms with Crippen LogP contribution < -0.4 is 4.74 Å². The molecular weight excluding hydrogens is 296 g/mol. The highest BCUT2D eigenvalue weighted by molar-refractivity contribution is 5.97. The molecule has 1 fully saturated rings.